The summed E-state index contributed by atoms with van der Waals surface area (Å²) in [7, 11) is 1.65. The van der Waals surface area contributed by atoms with Crippen LogP contribution in [0.25, 0.3) is 0 Å². The monoisotopic (exact) mass is 411 g/mol. The minimum absolute atomic E-state index is 0.0933. The van der Waals surface area contributed by atoms with E-state index < -0.39 is 0 Å². The molecule has 0 aliphatic heterocycles. The van der Waals surface area contributed by atoms with Crippen molar-refractivity contribution >= 4 is 37.8 Å². The van der Waals surface area contributed by atoms with Crippen LogP contribution in [0.3, 0.4) is 0 Å². The fourth-order valence-electron chi connectivity index (χ4n) is 1.99. The number of methoxy groups -OCH3 is 1. The number of rotatable bonds is 5. The van der Waals surface area contributed by atoms with E-state index in [0.717, 1.165) is 26.7 Å². The molecule has 2 aromatic rings. The number of nitrogens with one attached hydrogen (secondary N) is 1. The molecule has 0 radical (unpaired) electrons. The number of ether oxygens (including phenoxy) is 1. The van der Waals surface area contributed by atoms with Gasteiger partial charge in [0.15, 0.2) is 0 Å². The molecule has 0 saturated heterocycles. The number of carbonyl (C=O) groups excluding carboxylic acids is 1. The lowest BCUT2D eigenvalue weighted by molar-refractivity contribution is 0.0953. The Balaban J connectivity index is 1.95. The Morgan fingerprint density at radius 3 is 2.67 bits per heavy atom. The summed E-state index contributed by atoms with van der Waals surface area (Å²) in [5, 5.41) is 2.92. The van der Waals surface area contributed by atoms with Crippen LogP contribution in [-0.2, 0) is 6.42 Å². The number of halogens is 2. The van der Waals surface area contributed by atoms with Crippen LogP contribution in [0.2, 0.25) is 0 Å². The van der Waals surface area contributed by atoms with Gasteiger partial charge >= 0.3 is 0 Å². The molecule has 2 aromatic carbocycles. The van der Waals surface area contributed by atoms with Gasteiger partial charge < -0.3 is 10.1 Å². The highest BCUT2D eigenvalue weighted by molar-refractivity contribution is 9.11. The first kappa shape index (κ1) is 16.0. The van der Waals surface area contributed by atoms with E-state index in [1.807, 2.05) is 36.4 Å². The number of para-hydroxylation sites is 1. The Hall–Kier alpha value is -1.33. The van der Waals surface area contributed by atoms with E-state index in [1.54, 1.807) is 13.2 Å². The second-order valence-electron chi connectivity index (χ2n) is 4.44. The van der Waals surface area contributed by atoms with Gasteiger partial charge in [-0.2, -0.15) is 0 Å². The lowest BCUT2D eigenvalue weighted by Crippen LogP contribution is -2.26. The van der Waals surface area contributed by atoms with Crippen molar-refractivity contribution in [2.75, 3.05) is 13.7 Å². The molecule has 5 heteroatoms. The average molecular weight is 413 g/mol. The molecule has 0 bridgehead atoms. The first-order valence-corrected chi connectivity index (χ1v) is 8.05. The highest BCUT2D eigenvalue weighted by Crippen LogP contribution is 2.22. The number of hydrogen-bond acceptors (Lipinski definition) is 2. The van der Waals surface area contributed by atoms with Crippen molar-refractivity contribution in [3.63, 3.8) is 0 Å². The third-order valence-electron chi connectivity index (χ3n) is 3.05. The first-order chi connectivity index (χ1) is 10.1. The van der Waals surface area contributed by atoms with E-state index >= 15 is 0 Å². The molecule has 21 heavy (non-hydrogen) atoms. The molecule has 0 saturated carbocycles. The zero-order chi connectivity index (χ0) is 15.2. The van der Waals surface area contributed by atoms with Crippen LogP contribution in [-0.4, -0.2) is 19.6 Å². The largest absolute Gasteiger partial charge is 0.496 e. The van der Waals surface area contributed by atoms with E-state index in [-0.39, 0.29) is 5.91 Å². The van der Waals surface area contributed by atoms with Crippen molar-refractivity contribution in [2.45, 2.75) is 6.42 Å². The summed E-state index contributed by atoms with van der Waals surface area (Å²) >= 11 is 6.77. The van der Waals surface area contributed by atoms with E-state index in [0.29, 0.717) is 12.1 Å². The number of hydrogen-bond donors (Lipinski definition) is 1. The molecule has 0 aromatic heterocycles. The first-order valence-electron chi connectivity index (χ1n) is 6.47. The smallest absolute Gasteiger partial charge is 0.252 e. The van der Waals surface area contributed by atoms with Crippen LogP contribution in [0.1, 0.15) is 15.9 Å². The molecule has 2 rings (SSSR count). The van der Waals surface area contributed by atoms with Crippen molar-refractivity contribution in [2.24, 2.45) is 0 Å². The molecular weight excluding hydrogens is 398 g/mol. The van der Waals surface area contributed by atoms with Gasteiger partial charge in [-0.25, -0.2) is 0 Å². The number of benzene rings is 2. The molecule has 1 amide bonds. The maximum Gasteiger partial charge on any atom is 0.252 e. The minimum atomic E-state index is -0.0933. The van der Waals surface area contributed by atoms with Crippen LogP contribution in [0, 0.1) is 0 Å². The third kappa shape index (κ3) is 4.32. The van der Waals surface area contributed by atoms with Crippen LogP contribution in [0.4, 0.5) is 0 Å². The second kappa shape index (κ2) is 7.61. The molecule has 0 aliphatic carbocycles. The number of amides is 1. The molecule has 3 nitrogen and oxygen atoms in total. The van der Waals surface area contributed by atoms with Crippen molar-refractivity contribution < 1.29 is 9.53 Å². The van der Waals surface area contributed by atoms with E-state index in [4.69, 9.17) is 4.74 Å². The summed E-state index contributed by atoms with van der Waals surface area (Å²) in [6, 6.07) is 13.3. The van der Waals surface area contributed by atoms with Crippen molar-refractivity contribution in [1.29, 1.82) is 0 Å². The van der Waals surface area contributed by atoms with Crippen molar-refractivity contribution in [3.05, 3.63) is 62.5 Å². The summed E-state index contributed by atoms with van der Waals surface area (Å²) in [5.41, 5.74) is 1.70. The summed E-state index contributed by atoms with van der Waals surface area (Å²) in [6.45, 7) is 0.557. The van der Waals surface area contributed by atoms with Gasteiger partial charge in [0.05, 0.1) is 12.7 Å². The molecule has 0 fully saturated rings. The molecule has 110 valence electrons. The lowest BCUT2D eigenvalue weighted by Gasteiger charge is -2.10. The van der Waals surface area contributed by atoms with Gasteiger partial charge in [-0.15, -0.1) is 0 Å². The predicted octanol–water partition coefficient (Wildman–Crippen LogP) is 4.19. The second-order valence-corrected chi connectivity index (χ2v) is 6.21. The topological polar surface area (TPSA) is 38.3 Å². The van der Waals surface area contributed by atoms with Crippen LogP contribution < -0.4 is 10.1 Å². The van der Waals surface area contributed by atoms with E-state index in [2.05, 4.69) is 37.2 Å². The van der Waals surface area contributed by atoms with Gasteiger partial charge in [0, 0.05) is 15.5 Å². The van der Waals surface area contributed by atoms with Gasteiger partial charge in [-0.05, 0) is 52.2 Å². The molecule has 0 atom stereocenters. The number of carbonyl (C=O) groups is 1. The molecule has 0 aliphatic rings. The Morgan fingerprint density at radius 2 is 1.95 bits per heavy atom. The maximum absolute atomic E-state index is 12.1. The standard InChI is InChI=1S/C16H15Br2NO2/c1-21-15-5-3-2-4-11(15)8-9-19-16(20)13-7-6-12(17)10-14(13)18/h2-7,10H,8-9H2,1H3,(H,19,20). The summed E-state index contributed by atoms with van der Waals surface area (Å²) in [5.74, 6) is 0.751. The predicted molar refractivity (Wildman–Crippen MR) is 90.9 cm³/mol. The Morgan fingerprint density at radius 1 is 1.19 bits per heavy atom. The fraction of sp³-hybridized carbons (Fsp3) is 0.188. The molecule has 1 N–H and O–H groups in total. The zero-order valence-corrected chi connectivity index (χ0v) is 14.7. The normalized spacial score (nSPS) is 10.2. The van der Waals surface area contributed by atoms with Gasteiger partial charge in [-0.1, -0.05) is 34.1 Å². The quantitative estimate of drug-likeness (QED) is 0.799. The highest BCUT2D eigenvalue weighted by Gasteiger charge is 2.10. The van der Waals surface area contributed by atoms with Crippen molar-refractivity contribution in [1.82, 2.24) is 5.32 Å². The van der Waals surface area contributed by atoms with Crippen LogP contribution >= 0.6 is 31.9 Å². The van der Waals surface area contributed by atoms with Crippen LogP contribution in [0.15, 0.2) is 51.4 Å². The van der Waals surface area contributed by atoms with Crippen molar-refractivity contribution in [3.8, 4) is 5.75 Å². The average Bonchev–Trinajstić information content (AvgIpc) is 2.47. The molecule has 0 spiro atoms. The summed E-state index contributed by atoms with van der Waals surface area (Å²) < 4.78 is 6.99. The zero-order valence-electron chi connectivity index (χ0n) is 11.5. The third-order valence-corrected chi connectivity index (χ3v) is 4.20. The SMILES string of the molecule is COc1ccccc1CCNC(=O)c1ccc(Br)cc1Br. The lowest BCUT2D eigenvalue weighted by atomic mass is 10.1. The Labute approximate surface area is 141 Å². The van der Waals surface area contributed by atoms with E-state index in [1.165, 1.54) is 0 Å². The van der Waals surface area contributed by atoms with E-state index in [9.17, 15) is 4.79 Å². The van der Waals surface area contributed by atoms with Gasteiger partial charge in [-0.3, -0.25) is 4.79 Å². The molecular formula is C16H15Br2NO2. The Bertz CT molecular complexity index is 644. The summed E-state index contributed by atoms with van der Waals surface area (Å²) in [4.78, 5) is 12.1. The Kier molecular flexibility index (Phi) is 5.82. The molecule has 0 heterocycles. The highest BCUT2D eigenvalue weighted by atomic mass is 79.9. The maximum atomic E-state index is 12.1. The van der Waals surface area contributed by atoms with Crippen LogP contribution in [0.5, 0.6) is 5.75 Å². The molecule has 0 unspecified atom stereocenters. The summed E-state index contributed by atoms with van der Waals surface area (Å²) in [6.07, 6.45) is 0.726. The minimum Gasteiger partial charge on any atom is -0.496 e. The van der Waals surface area contributed by atoms with Gasteiger partial charge in [0.25, 0.3) is 5.91 Å². The van der Waals surface area contributed by atoms with Gasteiger partial charge in [0.2, 0.25) is 0 Å². The fourth-order valence-corrected chi connectivity index (χ4v) is 3.22. The van der Waals surface area contributed by atoms with Gasteiger partial charge in [0.1, 0.15) is 5.75 Å².